The fraction of sp³-hybridized carbons (Fsp3) is 0.471. The van der Waals surface area contributed by atoms with Crippen molar-refractivity contribution in [2.45, 2.75) is 45.4 Å². The van der Waals surface area contributed by atoms with Crippen molar-refractivity contribution in [1.29, 1.82) is 0 Å². The number of amides is 1. The molecule has 0 bridgehead atoms. The number of anilines is 1. The van der Waals surface area contributed by atoms with Gasteiger partial charge < -0.3 is 20.0 Å². The lowest BCUT2D eigenvalue weighted by atomic mass is 10.1. The molecule has 0 spiro atoms. The number of rotatable bonds is 6. The Kier molecular flexibility index (Phi) is 6.54. The number of aliphatic carboxylic acids is 1. The maximum atomic E-state index is 12.4. The van der Waals surface area contributed by atoms with Gasteiger partial charge >= 0.3 is 5.97 Å². The van der Waals surface area contributed by atoms with Gasteiger partial charge in [-0.3, -0.25) is 4.79 Å². The van der Waals surface area contributed by atoms with E-state index < -0.39 is 17.8 Å². The quantitative estimate of drug-likeness (QED) is 0.480. The third kappa shape index (κ3) is 4.67. The summed E-state index contributed by atoms with van der Waals surface area (Å²) in [5, 5.41) is 13.4. The second-order valence-electron chi connectivity index (χ2n) is 5.55. The van der Waals surface area contributed by atoms with E-state index in [1.807, 2.05) is 6.92 Å². The SMILES string of the molecule is CCCOC(=O)c1c(NC(=O)/C=C/C(=O)[O-])sc2c1CCCCC2. The fourth-order valence-electron chi connectivity index (χ4n) is 2.61. The highest BCUT2D eigenvalue weighted by molar-refractivity contribution is 7.17. The van der Waals surface area contributed by atoms with Crippen LogP contribution < -0.4 is 10.4 Å². The number of carboxylic acid groups (broad SMARTS) is 1. The Bertz CT molecular complexity index is 662. The van der Waals surface area contributed by atoms with Crippen LogP contribution in [0.1, 0.15) is 53.4 Å². The first-order valence-electron chi connectivity index (χ1n) is 8.04. The third-order valence-electron chi connectivity index (χ3n) is 3.67. The number of aryl methyl sites for hydroxylation is 1. The lowest BCUT2D eigenvalue weighted by molar-refractivity contribution is -0.297. The Hall–Kier alpha value is -2.15. The van der Waals surface area contributed by atoms with Crippen LogP contribution in [0.2, 0.25) is 0 Å². The fourth-order valence-corrected chi connectivity index (χ4v) is 3.89. The molecular formula is C17H20NO5S-. The summed E-state index contributed by atoms with van der Waals surface area (Å²) in [7, 11) is 0. The molecule has 6 nitrogen and oxygen atoms in total. The highest BCUT2D eigenvalue weighted by Crippen LogP contribution is 2.38. The summed E-state index contributed by atoms with van der Waals surface area (Å²) in [6.07, 6.45) is 7.07. The highest BCUT2D eigenvalue weighted by atomic mass is 32.1. The van der Waals surface area contributed by atoms with E-state index in [0.717, 1.165) is 48.6 Å². The zero-order valence-corrected chi connectivity index (χ0v) is 14.4. The van der Waals surface area contributed by atoms with Crippen LogP contribution in [0.3, 0.4) is 0 Å². The molecule has 0 aromatic carbocycles. The van der Waals surface area contributed by atoms with Gasteiger partial charge in [0.25, 0.3) is 0 Å². The summed E-state index contributed by atoms with van der Waals surface area (Å²) in [6, 6.07) is 0. The number of ether oxygens (including phenoxy) is 1. The number of nitrogens with one attached hydrogen (secondary N) is 1. The van der Waals surface area contributed by atoms with Gasteiger partial charge in [0.2, 0.25) is 5.91 Å². The Balaban J connectivity index is 2.30. The molecule has 1 aromatic rings. The number of carboxylic acids is 1. The first-order chi connectivity index (χ1) is 11.5. The van der Waals surface area contributed by atoms with Gasteiger partial charge in [-0.1, -0.05) is 13.3 Å². The molecule has 0 unspecified atom stereocenters. The number of fused-ring (bicyclic) bond motifs is 1. The summed E-state index contributed by atoms with van der Waals surface area (Å²) in [5.41, 5.74) is 1.37. The van der Waals surface area contributed by atoms with Gasteiger partial charge in [0.05, 0.1) is 18.1 Å². The Morgan fingerprint density at radius 2 is 1.96 bits per heavy atom. The molecule has 24 heavy (non-hydrogen) atoms. The van der Waals surface area contributed by atoms with Crippen molar-refractivity contribution in [2.24, 2.45) is 0 Å². The first kappa shape index (κ1) is 18.2. The Morgan fingerprint density at radius 1 is 1.21 bits per heavy atom. The van der Waals surface area contributed by atoms with Crippen LogP contribution in [-0.4, -0.2) is 24.5 Å². The van der Waals surface area contributed by atoms with Crippen molar-refractivity contribution in [3.05, 3.63) is 28.2 Å². The molecular weight excluding hydrogens is 330 g/mol. The average molecular weight is 350 g/mol. The van der Waals surface area contributed by atoms with E-state index in [1.165, 1.54) is 11.3 Å². The zero-order chi connectivity index (χ0) is 17.5. The second kappa shape index (κ2) is 8.63. The molecule has 7 heteroatoms. The van der Waals surface area contributed by atoms with Crippen LogP contribution in [0.5, 0.6) is 0 Å². The number of hydrogen-bond donors (Lipinski definition) is 1. The largest absolute Gasteiger partial charge is 0.545 e. The lowest BCUT2D eigenvalue weighted by Gasteiger charge is -2.08. The molecule has 0 atom stereocenters. The summed E-state index contributed by atoms with van der Waals surface area (Å²) >= 11 is 1.37. The number of carbonyl (C=O) groups is 3. The first-order valence-corrected chi connectivity index (χ1v) is 8.86. The smallest absolute Gasteiger partial charge is 0.341 e. The van der Waals surface area contributed by atoms with Crippen molar-refractivity contribution in [3.8, 4) is 0 Å². The Morgan fingerprint density at radius 3 is 2.67 bits per heavy atom. The number of carbonyl (C=O) groups excluding carboxylic acids is 3. The van der Waals surface area contributed by atoms with Crippen LogP contribution in [-0.2, 0) is 27.2 Å². The van der Waals surface area contributed by atoms with Crippen LogP contribution in [0.25, 0.3) is 0 Å². The van der Waals surface area contributed by atoms with E-state index in [4.69, 9.17) is 4.74 Å². The highest BCUT2D eigenvalue weighted by Gasteiger charge is 2.26. The number of hydrogen-bond acceptors (Lipinski definition) is 6. The van der Waals surface area contributed by atoms with Crippen molar-refractivity contribution in [3.63, 3.8) is 0 Å². The van der Waals surface area contributed by atoms with Gasteiger partial charge in [0.1, 0.15) is 5.00 Å². The van der Waals surface area contributed by atoms with Crippen molar-refractivity contribution < 1.29 is 24.2 Å². The van der Waals surface area contributed by atoms with Gasteiger partial charge in [0, 0.05) is 11.0 Å². The summed E-state index contributed by atoms with van der Waals surface area (Å²) in [4.78, 5) is 35.8. The lowest BCUT2D eigenvalue weighted by Crippen LogP contribution is -2.20. The Labute approximate surface area is 144 Å². The maximum Gasteiger partial charge on any atom is 0.341 e. The van der Waals surface area contributed by atoms with Crippen molar-refractivity contribution in [1.82, 2.24) is 0 Å². The molecule has 1 amide bonds. The van der Waals surface area contributed by atoms with Crippen LogP contribution in [0, 0.1) is 0 Å². The molecule has 0 aliphatic heterocycles. The molecule has 2 rings (SSSR count). The summed E-state index contributed by atoms with van der Waals surface area (Å²) in [5.74, 6) is -2.50. The van der Waals surface area contributed by atoms with Gasteiger partial charge in [-0.15, -0.1) is 11.3 Å². The molecule has 1 N–H and O–H groups in total. The van der Waals surface area contributed by atoms with E-state index in [-0.39, 0.29) is 0 Å². The molecule has 1 aliphatic carbocycles. The number of thiophene rings is 1. The second-order valence-corrected chi connectivity index (χ2v) is 6.65. The zero-order valence-electron chi connectivity index (χ0n) is 13.6. The van der Waals surface area contributed by atoms with E-state index in [2.05, 4.69) is 5.32 Å². The van der Waals surface area contributed by atoms with Crippen LogP contribution in [0.4, 0.5) is 5.00 Å². The van der Waals surface area contributed by atoms with Crippen LogP contribution in [0.15, 0.2) is 12.2 Å². The summed E-state index contributed by atoms with van der Waals surface area (Å²) in [6.45, 7) is 2.23. The van der Waals surface area contributed by atoms with Crippen LogP contribution >= 0.6 is 11.3 Å². The van der Waals surface area contributed by atoms with E-state index >= 15 is 0 Å². The minimum atomic E-state index is -1.45. The minimum absolute atomic E-state index is 0.321. The molecule has 0 fully saturated rings. The summed E-state index contributed by atoms with van der Waals surface area (Å²) < 4.78 is 5.26. The van der Waals surface area contributed by atoms with E-state index in [1.54, 1.807) is 0 Å². The predicted octanol–water partition coefficient (Wildman–Crippen LogP) is 1.83. The number of esters is 1. The molecule has 1 heterocycles. The maximum absolute atomic E-state index is 12.4. The van der Waals surface area contributed by atoms with Gasteiger partial charge in [-0.05, 0) is 43.7 Å². The normalized spacial score (nSPS) is 14.0. The topological polar surface area (TPSA) is 95.5 Å². The van der Waals surface area contributed by atoms with Gasteiger partial charge in [0.15, 0.2) is 0 Å². The molecule has 130 valence electrons. The molecule has 0 radical (unpaired) electrons. The standard InChI is InChI=1S/C17H21NO5S/c1-2-10-23-17(22)15-11-6-4-3-5-7-12(11)24-16(15)18-13(19)8-9-14(20)21/h8-9H,2-7,10H2,1H3,(H,18,19)(H,20,21)/p-1/b9-8+. The van der Waals surface area contributed by atoms with Gasteiger partial charge in [-0.25, -0.2) is 4.79 Å². The average Bonchev–Trinajstić information content (AvgIpc) is 2.72. The van der Waals surface area contributed by atoms with Gasteiger partial charge in [-0.2, -0.15) is 0 Å². The molecule has 1 aromatic heterocycles. The van der Waals surface area contributed by atoms with Crippen molar-refractivity contribution >= 4 is 34.2 Å². The van der Waals surface area contributed by atoms with E-state index in [0.29, 0.717) is 29.7 Å². The minimum Gasteiger partial charge on any atom is -0.545 e. The van der Waals surface area contributed by atoms with E-state index in [9.17, 15) is 19.5 Å². The predicted molar refractivity (Wildman–Crippen MR) is 88.9 cm³/mol. The molecule has 1 aliphatic rings. The molecule has 0 saturated carbocycles. The molecule has 0 saturated heterocycles. The van der Waals surface area contributed by atoms with Crippen molar-refractivity contribution in [2.75, 3.05) is 11.9 Å². The monoisotopic (exact) mass is 350 g/mol. The third-order valence-corrected chi connectivity index (χ3v) is 4.88.